The molecule has 0 aliphatic carbocycles. The molecule has 0 radical (unpaired) electrons. The van der Waals surface area contributed by atoms with Crippen molar-refractivity contribution in [1.29, 1.82) is 0 Å². The first-order chi connectivity index (χ1) is 17.6. The summed E-state index contributed by atoms with van der Waals surface area (Å²) in [5.41, 5.74) is 1.52. The second-order valence-corrected chi connectivity index (χ2v) is 10.00. The zero-order chi connectivity index (χ0) is 26.3. The molecule has 0 spiro atoms. The Bertz CT molecular complexity index is 683. The molecule has 0 heterocycles. The summed E-state index contributed by atoms with van der Waals surface area (Å²) < 4.78 is 17.7. The maximum absolute atomic E-state index is 12.7. The lowest BCUT2D eigenvalue weighted by Crippen LogP contribution is -2.27. The van der Waals surface area contributed by atoms with Gasteiger partial charge in [-0.15, -0.1) is 11.6 Å². The van der Waals surface area contributed by atoms with Crippen LogP contribution in [-0.4, -0.2) is 44.8 Å². The summed E-state index contributed by atoms with van der Waals surface area (Å²) in [4.78, 5) is 12.7. The quantitative estimate of drug-likeness (QED) is 0.109. The van der Waals surface area contributed by atoms with Crippen LogP contribution in [-0.2, 0) is 4.74 Å². The molecule has 0 saturated heterocycles. The van der Waals surface area contributed by atoms with E-state index in [2.05, 4.69) is 19.2 Å². The number of benzene rings is 1. The minimum atomic E-state index is -0.132. The lowest BCUT2D eigenvalue weighted by molar-refractivity contribution is 0.0923. The fourth-order valence-corrected chi connectivity index (χ4v) is 4.24. The highest BCUT2D eigenvalue weighted by atomic mass is 35.5. The SMILES string of the molecule is CCCCCCCCCOc1cc(C(=O)NCCOCCCl)cc(C)c1OCCCCCCCCC. The summed E-state index contributed by atoms with van der Waals surface area (Å²) in [6.07, 6.45) is 17.4. The molecule has 208 valence electrons. The molecule has 6 heteroatoms. The summed E-state index contributed by atoms with van der Waals surface area (Å²) in [5, 5.41) is 2.91. The van der Waals surface area contributed by atoms with Gasteiger partial charge in [-0.2, -0.15) is 0 Å². The van der Waals surface area contributed by atoms with E-state index in [1.54, 1.807) is 0 Å². The second-order valence-electron chi connectivity index (χ2n) is 9.62. The third kappa shape index (κ3) is 15.6. The predicted octanol–water partition coefficient (Wildman–Crippen LogP) is 8.24. The van der Waals surface area contributed by atoms with Crippen LogP contribution in [0.1, 0.15) is 120 Å². The van der Waals surface area contributed by atoms with Gasteiger partial charge in [0.25, 0.3) is 5.91 Å². The standard InChI is InChI=1S/C30H52ClNO4/c1-4-6-8-10-12-14-16-20-35-28-25-27(30(33)32-19-23-34-22-18-31)24-26(3)29(28)36-21-17-15-13-11-9-7-5-2/h24-25H,4-23H2,1-3H3,(H,32,33). The number of nitrogens with one attached hydrogen (secondary N) is 1. The average molecular weight is 526 g/mol. The van der Waals surface area contributed by atoms with Crippen LogP contribution in [0.4, 0.5) is 0 Å². The summed E-state index contributed by atoms with van der Waals surface area (Å²) in [6.45, 7) is 9.16. The molecule has 1 N–H and O–H groups in total. The van der Waals surface area contributed by atoms with Crippen molar-refractivity contribution in [2.75, 3.05) is 38.9 Å². The van der Waals surface area contributed by atoms with Crippen LogP contribution in [0, 0.1) is 6.92 Å². The van der Waals surface area contributed by atoms with Crippen molar-refractivity contribution < 1.29 is 19.0 Å². The van der Waals surface area contributed by atoms with Gasteiger partial charge in [-0.05, 0) is 37.5 Å². The molecule has 0 aliphatic heterocycles. The maximum atomic E-state index is 12.7. The van der Waals surface area contributed by atoms with Crippen LogP contribution in [0.3, 0.4) is 0 Å². The maximum Gasteiger partial charge on any atom is 0.251 e. The molecule has 5 nitrogen and oxygen atoms in total. The number of rotatable bonds is 24. The summed E-state index contributed by atoms with van der Waals surface area (Å²) >= 11 is 5.62. The molecule has 0 fully saturated rings. The highest BCUT2D eigenvalue weighted by Crippen LogP contribution is 2.33. The van der Waals surface area contributed by atoms with Gasteiger partial charge in [-0.1, -0.05) is 90.9 Å². The Morgan fingerprint density at radius 3 is 1.89 bits per heavy atom. The molecular formula is C30H52ClNO4. The van der Waals surface area contributed by atoms with Crippen molar-refractivity contribution in [2.45, 2.75) is 111 Å². The molecule has 0 aromatic heterocycles. The van der Waals surface area contributed by atoms with Gasteiger partial charge in [-0.3, -0.25) is 4.79 Å². The van der Waals surface area contributed by atoms with Crippen LogP contribution in [0.5, 0.6) is 11.5 Å². The molecule has 0 unspecified atom stereocenters. The van der Waals surface area contributed by atoms with Crippen LogP contribution < -0.4 is 14.8 Å². The Morgan fingerprint density at radius 2 is 1.31 bits per heavy atom. The number of amides is 1. The highest BCUT2D eigenvalue weighted by Gasteiger charge is 2.15. The lowest BCUT2D eigenvalue weighted by Gasteiger charge is -2.17. The van der Waals surface area contributed by atoms with E-state index in [9.17, 15) is 4.79 Å². The monoisotopic (exact) mass is 525 g/mol. The number of hydrogen-bond donors (Lipinski definition) is 1. The van der Waals surface area contributed by atoms with Crippen molar-refractivity contribution in [3.8, 4) is 11.5 Å². The van der Waals surface area contributed by atoms with E-state index in [-0.39, 0.29) is 5.91 Å². The molecular weight excluding hydrogens is 474 g/mol. The van der Waals surface area contributed by atoms with Crippen LogP contribution in [0.25, 0.3) is 0 Å². The number of hydrogen-bond acceptors (Lipinski definition) is 4. The van der Waals surface area contributed by atoms with Crippen molar-refractivity contribution in [1.82, 2.24) is 5.32 Å². The minimum absolute atomic E-state index is 0.132. The van der Waals surface area contributed by atoms with Crippen molar-refractivity contribution in [3.05, 3.63) is 23.3 Å². The minimum Gasteiger partial charge on any atom is -0.490 e. The third-order valence-corrected chi connectivity index (χ3v) is 6.41. The zero-order valence-corrected chi connectivity index (χ0v) is 24.1. The Balaban J connectivity index is 2.64. The summed E-state index contributed by atoms with van der Waals surface area (Å²) in [7, 11) is 0. The topological polar surface area (TPSA) is 56.8 Å². The first kappa shape index (κ1) is 32.6. The zero-order valence-electron chi connectivity index (χ0n) is 23.3. The van der Waals surface area contributed by atoms with Gasteiger partial charge in [0.15, 0.2) is 11.5 Å². The van der Waals surface area contributed by atoms with E-state index in [0.717, 1.165) is 24.2 Å². The fourth-order valence-electron chi connectivity index (χ4n) is 4.13. The van der Waals surface area contributed by atoms with E-state index in [0.29, 0.717) is 50.2 Å². The molecule has 0 bridgehead atoms. The Kier molecular flexibility index (Phi) is 20.6. The molecule has 1 aromatic rings. The summed E-state index contributed by atoms with van der Waals surface area (Å²) in [5.74, 6) is 1.76. The number of carbonyl (C=O) groups is 1. The predicted molar refractivity (Wildman–Crippen MR) is 152 cm³/mol. The van der Waals surface area contributed by atoms with Gasteiger partial charge >= 0.3 is 0 Å². The Hall–Kier alpha value is -1.46. The van der Waals surface area contributed by atoms with E-state index < -0.39 is 0 Å². The average Bonchev–Trinajstić information content (AvgIpc) is 2.87. The molecule has 0 atom stereocenters. The van der Waals surface area contributed by atoms with Crippen molar-refractivity contribution in [3.63, 3.8) is 0 Å². The molecule has 1 rings (SSSR count). The molecule has 1 amide bonds. The number of carbonyl (C=O) groups excluding carboxylic acids is 1. The molecule has 0 aliphatic rings. The van der Waals surface area contributed by atoms with Crippen molar-refractivity contribution >= 4 is 17.5 Å². The molecule has 36 heavy (non-hydrogen) atoms. The first-order valence-electron chi connectivity index (χ1n) is 14.5. The van der Waals surface area contributed by atoms with Crippen LogP contribution in [0.15, 0.2) is 12.1 Å². The van der Waals surface area contributed by atoms with Gasteiger partial charge in [0, 0.05) is 18.0 Å². The number of aryl methyl sites for hydroxylation is 1. The van der Waals surface area contributed by atoms with Gasteiger partial charge in [0.1, 0.15) is 0 Å². The molecule has 1 aromatic carbocycles. The number of unbranched alkanes of at least 4 members (excludes halogenated alkanes) is 12. The fraction of sp³-hybridized carbons (Fsp3) is 0.767. The Labute approximate surface area is 226 Å². The van der Waals surface area contributed by atoms with Crippen LogP contribution in [0.2, 0.25) is 0 Å². The largest absolute Gasteiger partial charge is 0.490 e. The van der Waals surface area contributed by atoms with E-state index in [1.165, 1.54) is 77.0 Å². The van der Waals surface area contributed by atoms with Gasteiger partial charge in [-0.25, -0.2) is 0 Å². The third-order valence-electron chi connectivity index (χ3n) is 6.26. The van der Waals surface area contributed by atoms with E-state index >= 15 is 0 Å². The van der Waals surface area contributed by atoms with E-state index in [1.807, 2.05) is 19.1 Å². The van der Waals surface area contributed by atoms with Crippen LogP contribution >= 0.6 is 11.6 Å². The second kappa shape index (κ2) is 22.7. The summed E-state index contributed by atoms with van der Waals surface area (Å²) in [6, 6.07) is 3.71. The van der Waals surface area contributed by atoms with Gasteiger partial charge in [0.2, 0.25) is 0 Å². The van der Waals surface area contributed by atoms with Gasteiger partial charge in [0.05, 0.1) is 26.4 Å². The van der Waals surface area contributed by atoms with E-state index in [4.69, 9.17) is 25.8 Å². The van der Waals surface area contributed by atoms with Gasteiger partial charge < -0.3 is 19.5 Å². The Morgan fingerprint density at radius 1 is 0.750 bits per heavy atom. The number of alkyl halides is 1. The smallest absolute Gasteiger partial charge is 0.251 e. The first-order valence-corrected chi connectivity index (χ1v) is 15.0. The molecule has 0 saturated carbocycles. The number of ether oxygens (including phenoxy) is 3. The lowest BCUT2D eigenvalue weighted by atomic mass is 10.1. The number of halogens is 1. The van der Waals surface area contributed by atoms with Crippen molar-refractivity contribution in [2.24, 2.45) is 0 Å². The normalized spacial score (nSPS) is 11.0. The highest BCUT2D eigenvalue weighted by molar-refractivity contribution is 6.17.